The molecule has 9 heteroatoms. The van der Waals surface area contributed by atoms with E-state index in [2.05, 4.69) is 15.9 Å². The number of fused-ring (bicyclic) bond motifs is 1. The lowest BCUT2D eigenvalue weighted by atomic mass is 9.81. The molecule has 2 heterocycles. The fourth-order valence-corrected chi connectivity index (χ4v) is 6.19. The molecule has 2 aliphatic heterocycles. The quantitative estimate of drug-likeness (QED) is 0.580. The summed E-state index contributed by atoms with van der Waals surface area (Å²) in [5.41, 5.74) is 1.85. The first-order valence-corrected chi connectivity index (χ1v) is 13.0. The van der Waals surface area contributed by atoms with Crippen LogP contribution in [0.1, 0.15) is 30.9 Å². The second-order valence-electron chi connectivity index (χ2n) is 8.17. The molecule has 4 rings (SSSR count). The maximum absolute atomic E-state index is 13.9. The molecule has 0 amide bonds. The van der Waals surface area contributed by atoms with Crippen molar-refractivity contribution in [3.05, 3.63) is 70.2 Å². The van der Waals surface area contributed by atoms with Crippen molar-refractivity contribution in [2.75, 3.05) is 6.61 Å². The Labute approximate surface area is 202 Å². The fourth-order valence-electron chi connectivity index (χ4n) is 4.31. The van der Waals surface area contributed by atoms with E-state index < -0.39 is 40.3 Å². The van der Waals surface area contributed by atoms with Gasteiger partial charge in [-0.25, -0.2) is 12.7 Å². The maximum Gasteiger partial charge on any atom is 0.313 e. The van der Waals surface area contributed by atoms with Crippen LogP contribution in [0.3, 0.4) is 0 Å². The smallest absolute Gasteiger partial charge is 0.313 e. The summed E-state index contributed by atoms with van der Waals surface area (Å²) in [5.74, 6) is -1.63. The Bertz CT molecular complexity index is 1150. The van der Waals surface area contributed by atoms with Crippen LogP contribution >= 0.6 is 15.9 Å². The molecule has 0 aromatic heterocycles. The van der Waals surface area contributed by atoms with Crippen molar-refractivity contribution in [1.82, 2.24) is 4.31 Å². The molecule has 176 valence electrons. The van der Waals surface area contributed by atoms with Gasteiger partial charge in [0.25, 0.3) is 10.0 Å². The molecule has 1 N–H and O–H groups in total. The monoisotopic (exact) mass is 535 g/mol. The highest BCUT2D eigenvalue weighted by atomic mass is 79.9. The van der Waals surface area contributed by atoms with Gasteiger partial charge in [0.1, 0.15) is 0 Å². The molecular weight excluding hydrogens is 510 g/mol. The van der Waals surface area contributed by atoms with Crippen LogP contribution in [-0.4, -0.2) is 42.9 Å². The van der Waals surface area contributed by atoms with Gasteiger partial charge in [0.15, 0.2) is 12.5 Å². The average Bonchev–Trinajstić information content (AvgIpc) is 2.78. The second kappa shape index (κ2) is 9.58. The Hall–Kier alpha value is -2.20. The second-order valence-corrected chi connectivity index (χ2v) is 10.9. The van der Waals surface area contributed by atoms with Gasteiger partial charge in [-0.05, 0) is 62.6 Å². The van der Waals surface area contributed by atoms with Crippen molar-refractivity contribution >= 4 is 37.6 Å². The van der Waals surface area contributed by atoms with E-state index in [1.165, 1.54) is 4.31 Å². The summed E-state index contributed by atoms with van der Waals surface area (Å²) in [5, 5.41) is 10.3. The average molecular weight is 536 g/mol. The molecule has 7 nitrogen and oxygen atoms in total. The van der Waals surface area contributed by atoms with Crippen LogP contribution in [0, 0.1) is 18.8 Å². The third kappa shape index (κ3) is 4.73. The lowest BCUT2D eigenvalue weighted by molar-refractivity contribution is -0.216. The van der Waals surface area contributed by atoms with Gasteiger partial charge in [-0.2, -0.15) is 0 Å². The van der Waals surface area contributed by atoms with Crippen LogP contribution in [0.5, 0.6) is 0 Å². The number of halogens is 1. The molecule has 0 bridgehead atoms. The molecule has 0 aliphatic carbocycles. The van der Waals surface area contributed by atoms with E-state index in [0.29, 0.717) is 24.1 Å². The van der Waals surface area contributed by atoms with Gasteiger partial charge in [-0.1, -0.05) is 45.8 Å². The highest BCUT2D eigenvalue weighted by Gasteiger charge is 2.50. The number of aryl methyl sites for hydroxylation is 1. The number of sulfonamides is 1. The predicted molar refractivity (Wildman–Crippen MR) is 126 cm³/mol. The molecule has 0 radical (unpaired) electrons. The summed E-state index contributed by atoms with van der Waals surface area (Å²) in [6, 6.07) is 13.7. The van der Waals surface area contributed by atoms with Gasteiger partial charge in [-0.15, -0.1) is 0 Å². The number of rotatable bonds is 5. The van der Waals surface area contributed by atoms with Crippen LogP contribution in [-0.2, 0) is 24.3 Å². The zero-order valence-corrected chi connectivity index (χ0v) is 20.8. The number of benzene rings is 2. The van der Waals surface area contributed by atoms with Gasteiger partial charge < -0.3 is 14.6 Å². The third-order valence-corrected chi connectivity index (χ3v) is 8.27. The molecule has 2 aromatic rings. The van der Waals surface area contributed by atoms with Crippen LogP contribution in [0.2, 0.25) is 0 Å². The highest BCUT2D eigenvalue weighted by molar-refractivity contribution is 9.10. The minimum atomic E-state index is -4.08. The molecule has 1 fully saturated rings. The lowest BCUT2D eigenvalue weighted by Gasteiger charge is -2.47. The number of aliphatic hydroxyl groups excluding tert-OH is 1. The topological polar surface area (TPSA) is 93.1 Å². The number of hydrogen-bond donors (Lipinski definition) is 1. The number of aliphatic hydroxyl groups is 1. The number of hydrogen-bond acceptors (Lipinski definition) is 6. The summed E-state index contributed by atoms with van der Waals surface area (Å²) >= 11 is 3.40. The predicted octanol–water partition coefficient (Wildman–Crippen LogP) is 4.05. The molecule has 1 unspecified atom stereocenters. The molecule has 33 heavy (non-hydrogen) atoms. The Morgan fingerprint density at radius 1 is 1.15 bits per heavy atom. The molecule has 4 atom stereocenters. The molecular formula is C24H26BrNO6S. The summed E-state index contributed by atoms with van der Waals surface area (Å²) in [6.45, 7) is 3.82. The minimum absolute atomic E-state index is 0.105. The lowest BCUT2D eigenvalue weighted by Crippen LogP contribution is -2.54. The molecule has 2 aromatic carbocycles. The normalized spacial score (nSPS) is 25.2. The summed E-state index contributed by atoms with van der Waals surface area (Å²) < 4.78 is 41.0. The van der Waals surface area contributed by atoms with E-state index in [1.807, 2.05) is 6.92 Å². The van der Waals surface area contributed by atoms with Crippen molar-refractivity contribution in [3.8, 4) is 0 Å². The summed E-state index contributed by atoms with van der Waals surface area (Å²) in [4.78, 5) is 13.0. The molecule has 0 spiro atoms. The van der Waals surface area contributed by atoms with Crippen molar-refractivity contribution in [2.24, 2.45) is 11.8 Å². The minimum Gasteiger partial charge on any atom is -0.466 e. The van der Waals surface area contributed by atoms with Crippen LogP contribution in [0.25, 0.3) is 5.70 Å². The Kier molecular flexibility index (Phi) is 6.95. The standard InChI is InChI=1S/C24H26BrNO6S/c1-3-31-24(28)20-14-21(16-6-8-17(25)9-7-16)26(23-19(20)12-13-22(27)32-23)33(29,30)18-10-4-15(2)5-11-18/h4-11,14,19-20,22-23,27H,3,12-13H2,1-2H3/t19-,20+,22?,23-/m1/s1. The van der Waals surface area contributed by atoms with E-state index >= 15 is 0 Å². The van der Waals surface area contributed by atoms with Crippen LogP contribution in [0.4, 0.5) is 0 Å². The van der Waals surface area contributed by atoms with Gasteiger partial charge >= 0.3 is 5.97 Å². The zero-order chi connectivity index (χ0) is 23.8. The first kappa shape index (κ1) is 23.9. The number of nitrogens with zero attached hydrogens (tertiary/aromatic N) is 1. The van der Waals surface area contributed by atoms with Crippen LogP contribution < -0.4 is 0 Å². The maximum atomic E-state index is 13.9. The van der Waals surface area contributed by atoms with Gasteiger partial charge in [0, 0.05) is 10.4 Å². The number of carbonyl (C=O) groups is 1. The SMILES string of the molecule is CCOC(=O)[C@H]1C=C(c2ccc(Br)cc2)N(S(=O)(=O)c2ccc(C)cc2)[C@@H]2OC(O)CC[C@H]12. The van der Waals surface area contributed by atoms with Gasteiger partial charge in [-0.3, -0.25) is 4.79 Å². The molecule has 0 saturated carbocycles. The van der Waals surface area contributed by atoms with E-state index in [1.54, 1.807) is 61.5 Å². The molecule has 2 aliphatic rings. The van der Waals surface area contributed by atoms with Crippen molar-refractivity contribution in [2.45, 2.75) is 44.1 Å². The number of carbonyl (C=O) groups excluding carboxylic acids is 1. The zero-order valence-electron chi connectivity index (χ0n) is 18.3. The highest BCUT2D eigenvalue weighted by Crippen LogP contribution is 2.45. The van der Waals surface area contributed by atoms with Crippen molar-refractivity contribution in [3.63, 3.8) is 0 Å². The molecule has 1 saturated heterocycles. The van der Waals surface area contributed by atoms with E-state index in [0.717, 1.165) is 10.0 Å². The van der Waals surface area contributed by atoms with Gasteiger partial charge in [0.2, 0.25) is 0 Å². The Balaban J connectivity index is 1.91. The third-order valence-electron chi connectivity index (χ3n) is 5.95. The summed E-state index contributed by atoms with van der Waals surface area (Å²) in [7, 11) is -4.08. The Morgan fingerprint density at radius 3 is 2.45 bits per heavy atom. The first-order chi connectivity index (χ1) is 15.7. The fraction of sp³-hybridized carbons (Fsp3) is 0.375. The summed E-state index contributed by atoms with van der Waals surface area (Å²) in [6.07, 6.45) is 0.193. The number of ether oxygens (including phenoxy) is 2. The van der Waals surface area contributed by atoms with Crippen LogP contribution in [0.15, 0.2) is 64.0 Å². The van der Waals surface area contributed by atoms with E-state index in [-0.39, 0.29) is 11.5 Å². The Morgan fingerprint density at radius 2 is 1.82 bits per heavy atom. The van der Waals surface area contributed by atoms with E-state index in [4.69, 9.17) is 9.47 Å². The largest absolute Gasteiger partial charge is 0.466 e. The van der Waals surface area contributed by atoms with E-state index in [9.17, 15) is 18.3 Å². The van der Waals surface area contributed by atoms with Gasteiger partial charge in [0.05, 0.1) is 23.1 Å². The first-order valence-electron chi connectivity index (χ1n) is 10.8. The number of esters is 1. The van der Waals surface area contributed by atoms with Crippen molar-refractivity contribution < 1.29 is 27.8 Å². The van der Waals surface area contributed by atoms with Crippen molar-refractivity contribution in [1.29, 1.82) is 0 Å².